The van der Waals surface area contributed by atoms with E-state index in [2.05, 4.69) is 15.4 Å². The smallest absolute Gasteiger partial charge is 0.229 e. The molecule has 1 saturated heterocycles. The molecule has 2 aromatic heterocycles. The highest BCUT2D eigenvalue weighted by atomic mass is 16.2. The van der Waals surface area contributed by atoms with Gasteiger partial charge in [-0.05, 0) is 25.0 Å². The van der Waals surface area contributed by atoms with Crippen molar-refractivity contribution in [3.8, 4) is 0 Å². The average Bonchev–Trinajstić information content (AvgIpc) is 3.20. The lowest BCUT2D eigenvalue weighted by atomic mass is 10.1. The molecule has 1 N–H and O–H groups in total. The first-order valence-electron chi connectivity index (χ1n) is 9.43. The van der Waals surface area contributed by atoms with Crippen LogP contribution in [-0.4, -0.2) is 44.6 Å². The number of rotatable bonds is 5. The monoisotopic (exact) mass is 377 g/mol. The number of pyridine rings is 1. The molecule has 4 rings (SSSR count). The van der Waals surface area contributed by atoms with Crippen LogP contribution in [-0.2, 0) is 23.1 Å². The summed E-state index contributed by atoms with van der Waals surface area (Å²) in [6.07, 6.45) is 2.68. The summed E-state index contributed by atoms with van der Waals surface area (Å²) in [5.41, 5.74) is 3.46. The lowest BCUT2D eigenvalue weighted by Gasteiger charge is -2.16. The van der Waals surface area contributed by atoms with Gasteiger partial charge in [-0.3, -0.25) is 14.3 Å². The Labute approximate surface area is 163 Å². The van der Waals surface area contributed by atoms with E-state index < -0.39 is 0 Å². The standard InChI is InChI=1S/C21H23N5O2/c1-14-18-11-17(12-22-20(18)25(2)24-14)23-21(28)16-10-19(27)26(13-16)9-8-15-6-4-3-5-7-15/h3-7,11-12,16H,8-10,13H2,1-2H3,(H,23,28). The van der Waals surface area contributed by atoms with Crippen molar-refractivity contribution in [1.29, 1.82) is 0 Å². The fourth-order valence-corrected chi connectivity index (χ4v) is 3.69. The fourth-order valence-electron chi connectivity index (χ4n) is 3.69. The zero-order chi connectivity index (χ0) is 19.7. The first kappa shape index (κ1) is 18.2. The zero-order valence-corrected chi connectivity index (χ0v) is 16.1. The summed E-state index contributed by atoms with van der Waals surface area (Å²) < 4.78 is 1.72. The molecule has 7 heteroatoms. The van der Waals surface area contributed by atoms with Crippen LogP contribution < -0.4 is 5.32 Å². The van der Waals surface area contributed by atoms with Crippen molar-refractivity contribution in [2.45, 2.75) is 19.8 Å². The predicted octanol–water partition coefficient (Wildman–Crippen LogP) is 2.31. The molecule has 2 amide bonds. The van der Waals surface area contributed by atoms with Crippen LogP contribution in [0.4, 0.5) is 5.69 Å². The topological polar surface area (TPSA) is 80.1 Å². The summed E-state index contributed by atoms with van der Waals surface area (Å²) in [4.78, 5) is 31.1. The molecule has 1 aliphatic rings. The van der Waals surface area contributed by atoms with Crippen molar-refractivity contribution in [1.82, 2.24) is 19.7 Å². The van der Waals surface area contributed by atoms with Gasteiger partial charge in [-0.2, -0.15) is 5.10 Å². The Hall–Kier alpha value is -3.22. The van der Waals surface area contributed by atoms with Gasteiger partial charge in [0.1, 0.15) is 0 Å². The molecule has 7 nitrogen and oxygen atoms in total. The molecule has 0 bridgehead atoms. The Bertz CT molecular complexity index is 1030. The molecule has 1 unspecified atom stereocenters. The van der Waals surface area contributed by atoms with Gasteiger partial charge in [0.2, 0.25) is 11.8 Å². The SMILES string of the molecule is Cc1nn(C)c2ncc(NC(=O)C3CC(=O)N(CCc4ccccc4)C3)cc12. The number of likely N-dealkylation sites (tertiary alicyclic amines) is 1. The molecule has 1 atom stereocenters. The van der Waals surface area contributed by atoms with E-state index in [0.717, 1.165) is 23.1 Å². The van der Waals surface area contributed by atoms with Crippen LogP contribution in [0.5, 0.6) is 0 Å². The van der Waals surface area contributed by atoms with Crippen molar-refractivity contribution >= 4 is 28.5 Å². The molecule has 0 aliphatic carbocycles. The molecule has 1 fully saturated rings. The first-order valence-corrected chi connectivity index (χ1v) is 9.43. The van der Waals surface area contributed by atoms with E-state index in [4.69, 9.17) is 0 Å². The lowest BCUT2D eigenvalue weighted by Crippen LogP contribution is -2.30. The number of nitrogens with zero attached hydrogens (tertiary/aromatic N) is 4. The van der Waals surface area contributed by atoms with Gasteiger partial charge in [0.25, 0.3) is 0 Å². The van der Waals surface area contributed by atoms with E-state index >= 15 is 0 Å². The average molecular weight is 377 g/mol. The highest BCUT2D eigenvalue weighted by Gasteiger charge is 2.34. The van der Waals surface area contributed by atoms with Crippen LogP contribution in [0, 0.1) is 12.8 Å². The maximum absolute atomic E-state index is 12.7. The van der Waals surface area contributed by atoms with Crippen LogP contribution in [0.2, 0.25) is 0 Å². The second-order valence-corrected chi connectivity index (χ2v) is 7.27. The molecule has 0 spiro atoms. The number of aryl methyl sites for hydroxylation is 2. The minimum absolute atomic E-state index is 0.0350. The van der Waals surface area contributed by atoms with Crippen molar-refractivity contribution in [3.05, 3.63) is 53.9 Å². The van der Waals surface area contributed by atoms with Crippen LogP contribution in [0.3, 0.4) is 0 Å². The second kappa shape index (κ2) is 7.42. The second-order valence-electron chi connectivity index (χ2n) is 7.27. The van der Waals surface area contributed by atoms with Gasteiger partial charge in [-0.1, -0.05) is 30.3 Å². The molecular weight excluding hydrogens is 354 g/mol. The van der Waals surface area contributed by atoms with Crippen LogP contribution in [0.1, 0.15) is 17.7 Å². The Morgan fingerprint density at radius 3 is 2.86 bits per heavy atom. The predicted molar refractivity (Wildman–Crippen MR) is 107 cm³/mol. The van der Waals surface area contributed by atoms with E-state index in [0.29, 0.717) is 18.8 Å². The van der Waals surface area contributed by atoms with E-state index in [-0.39, 0.29) is 24.2 Å². The molecule has 144 valence electrons. The number of anilines is 1. The number of hydrogen-bond donors (Lipinski definition) is 1. The van der Waals surface area contributed by atoms with E-state index in [1.807, 2.05) is 50.4 Å². The third-order valence-electron chi connectivity index (χ3n) is 5.23. The summed E-state index contributed by atoms with van der Waals surface area (Å²) in [6, 6.07) is 11.9. The number of carbonyl (C=O) groups is 2. The maximum atomic E-state index is 12.7. The zero-order valence-electron chi connectivity index (χ0n) is 16.1. The van der Waals surface area contributed by atoms with Gasteiger partial charge in [0.15, 0.2) is 5.65 Å². The van der Waals surface area contributed by atoms with Gasteiger partial charge in [0, 0.05) is 31.9 Å². The Morgan fingerprint density at radius 1 is 1.29 bits per heavy atom. The van der Waals surface area contributed by atoms with Gasteiger partial charge < -0.3 is 10.2 Å². The maximum Gasteiger partial charge on any atom is 0.229 e. The number of amides is 2. The van der Waals surface area contributed by atoms with Crippen LogP contribution in [0.25, 0.3) is 11.0 Å². The molecular formula is C21H23N5O2. The Kier molecular flexibility index (Phi) is 4.81. The minimum atomic E-state index is -0.339. The van der Waals surface area contributed by atoms with Crippen molar-refractivity contribution in [2.24, 2.45) is 13.0 Å². The molecule has 1 aromatic carbocycles. The Morgan fingerprint density at radius 2 is 2.07 bits per heavy atom. The highest BCUT2D eigenvalue weighted by molar-refractivity contribution is 5.98. The molecule has 0 radical (unpaired) electrons. The molecule has 0 saturated carbocycles. The van der Waals surface area contributed by atoms with Crippen LogP contribution in [0.15, 0.2) is 42.6 Å². The quantitative estimate of drug-likeness (QED) is 0.740. The molecule has 3 heterocycles. The van der Waals surface area contributed by atoms with E-state index in [1.54, 1.807) is 15.8 Å². The number of aromatic nitrogens is 3. The third-order valence-corrected chi connectivity index (χ3v) is 5.23. The van der Waals surface area contributed by atoms with Crippen molar-refractivity contribution in [3.63, 3.8) is 0 Å². The van der Waals surface area contributed by atoms with Gasteiger partial charge in [-0.25, -0.2) is 4.98 Å². The molecule has 1 aliphatic heterocycles. The summed E-state index contributed by atoms with van der Waals surface area (Å²) in [6.45, 7) is 3.00. The third kappa shape index (κ3) is 3.60. The van der Waals surface area contributed by atoms with Crippen molar-refractivity contribution < 1.29 is 9.59 Å². The summed E-state index contributed by atoms with van der Waals surface area (Å²) >= 11 is 0. The van der Waals surface area contributed by atoms with Crippen molar-refractivity contribution in [2.75, 3.05) is 18.4 Å². The fraction of sp³-hybridized carbons (Fsp3) is 0.333. The largest absolute Gasteiger partial charge is 0.342 e. The van der Waals surface area contributed by atoms with E-state index in [9.17, 15) is 9.59 Å². The van der Waals surface area contributed by atoms with Gasteiger partial charge in [0.05, 0.1) is 23.5 Å². The number of fused-ring (bicyclic) bond motifs is 1. The first-order chi connectivity index (χ1) is 13.5. The number of benzene rings is 1. The van der Waals surface area contributed by atoms with Crippen LogP contribution >= 0.6 is 0 Å². The van der Waals surface area contributed by atoms with Gasteiger partial charge in [-0.15, -0.1) is 0 Å². The lowest BCUT2D eigenvalue weighted by molar-refractivity contribution is -0.128. The highest BCUT2D eigenvalue weighted by Crippen LogP contribution is 2.23. The summed E-state index contributed by atoms with van der Waals surface area (Å²) in [5.74, 6) is -0.444. The normalized spacial score (nSPS) is 16.7. The van der Waals surface area contributed by atoms with E-state index in [1.165, 1.54) is 5.56 Å². The minimum Gasteiger partial charge on any atom is -0.342 e. The summed E-state index contributed by atoms with van der Waals surface area (Å²) in [7, 11) is 1.84. The Balaban J connectivity index is 1.39. The van der Waals surface area contributed by atoms with Gasteiger partial charge >= 0.3 is 0 Å². The number of nitrogens with one attached hydrogen (secondary N) is 1. The summed E-state index contributed by atoms with van der Waals surface area (Å²) in [5, 5.41) is 8.16. The number of hydrogen-bond acceptors (Lipinski definition) is 4. The molecule has 28 heavy (non-hydrogen) atoms. The number of carbonyl (C=O) groups excluding carboxylic acids is 2. The molecule has 3 aromatic rings.